The molecule has 1 aliphatic carbocycles. The molecule has 1 aromatic rings. The minimum atomic E-state index is -4.54. The van der Waals surface area contributed by atoms with Gasteiger partial charge in [0, 0.05) is 5.54 Å². The minimum Gasteiger partial charge on any atom is -0.321 e. The smallest absolute Gasteiger partial charge is 0.321 e. The summed E-state index contributed by atoms with van der Waals surface area (Å²) < 4.78 is 51.2. The SMILES string of the molecule is NC1(c2cc(F)cc(C(F)(F)F)c2)CCCCC1. The van der Waals surface area contributed by atoms with Crippen molar-refractivity contribution in [1.82, 2.24) is 0 Å². The highest BCUT2D eigenvalue weighted by Crippen LogP contribution is 2.38. The Morgan fingerprint density at radius 1 is 1.00 bits per heavy atom. The van der Waals surface area contributed by atoms with E-state index in [1.807, 2.05) is 0 Å². The summed E-state index contributed by atoms with van der Waals surface area (Å²) in [6.45, 7) is 0. The fourth-order valence-corrected chi connectivity index (χ4v) is 2.51. The predicted molar refractivity (Wildman–Crippen MR) is 60.4 cm³/mol. The number of halogens is 4. The fourth-order valence-electron chi connectivity index (χ4n) is 2.51. The molecule has 0 atom stereocenters. The van der Waals surface area contributed by atoms with E-state index < -0.39 is 23.1 Å². The maximum Gasteiger partial charge on any atom is 0.416 e. The summed E-state index contributed by atoms with van der Waals surface area (Å²) in [5.74, 6) is -0.879. The van der Waals surface area contributed by atoms with Crippen molar-refractivity contribution in [3.05, 3.63) is 35.1 Å². The van der Waals surface area contributed by atoms with Crippen LogP contribution < -0.4 is 5.73 Å². The van der Waals surface area contributed by atoms with Crippen LogP contribution in [-0.2, 0) is 11.7 Å². The maximum absolute atomic E-state index is 13.3. The number of benzene rings is 1. The van der Waals surface area contributed by atoms with Gasteiger partial charge in [-0.2, -0.15) is 13.2 Å². The summed E-state index contributed by atoms with van der Waals surface area (Å²) in [5.41, 5.74) is 4.60. The lowest BCUT2D eigenvalue weighted by Gasteiger charge is -2.34. The summed E-state index contributed by atoms with van der Waals surface area (Å²) >= 11 is 0. The first-order valence-corrected chi connectivity index (χ1v) is 5.98. The molecule has 0 heterocycles. The molecule has 1 aromatic carbocycles. The molecule has 1 fully saturated rings. The van der Waals surface area contributed by atoms with E-state index in [2.05, 4.69) is 0 Å². The van der Waals surface area contributed by atoms with Crippen molar-refractivity contribution in [1.29, 1.82) is 0 Å². The van der Waals surface area contributed by atoms with Crippen molar-refractivity contribution in [2.24, 2.45) is 5.73 Å². The third-order valence-electron chi connectivity index (χ3n) is 3.55. The number of rotatable bonds is 1. The lowest BCUT2D eigenvalue weighted by Crippen LogP contribution is -2.38. The first-order valence-electron chi connectivity index (χ1n) is 5.98. The highest BCUT2D eigenvalue weighted by Gasteiger charge is 2.35. The van der Waals surface area contributed by atoms with Gasteiger partial charge in [0.25, 0.3) is 0 Å². The molecule has 0 spiro atoms. The first kappa shape index (κ1) is 13.3. The van der Waals surface area contributed by atoms with Gasteiger partial charge in [-0.05, 0) is 36.6 Å². The standard InChI is InChI=1S/C13H15F4N/c14-11-7-9(6-10(8-11)13(15,16)17)12(18)4-2-1-3-5-12/h6-8H,1-5,18H2. The van der Waals surface area contributed by atoms with Crippen molar-refractivity contribution in [2.45, 2.75) is 43.8 Å². The fraction of sp³-hybridized carbons (Fsp3) is 0.538. The number of hydrogen-bond donors (Lipinski definition) is 1. The monoisotopic (exact) mass is 261 g/mol. The lowest BCUT2D eigenvalue weighted by molar-refractivity contribution is -0.137. The molecule has 0 saturated heterocycles. The van der Waals surface area contributed by atoms with Crippen LogP contribution in [0.15, 0.2) is 18.2 Å². The topological polar surface area (TPSA) is 26.0 Å². The summed E-state index contributed by atoms with van der Waals surface area (Å²) in [4.78, 5) is 0. The molecule has 0 radical (unpaired) electrons. The molecule has 0 unspecified atom stereocenters. The van der Waals surface area contributed by atoms with Crippen LogP contribution in [0.1, 0.15) is 43.2 Å². The van der Waals surface area contributed by atoms with E-state index in [0.717, 1.165) is 31.4 Å². The zero-order valence-corrected chi connectivity index (χ0v) is 9.86. The van der Waals surface area contributed by atoms with Crippen LogP contribution >= 0.6 is 0 Å². The molecule has 0 amide bonds. The zero-order chi connectivity index (χ0) is 13.4. The van der Waals surface area contributed by atoms with Crippen LogP contribution in [0.5, 0.6) is 0 Å². The van der Waals surface area contributed by atoms with Gasteiger partial charge in [-0.15, -0.1) is 0 Å². The normalized spacial score (nSPS) is 19.8. The first-order chi connectivity index (χ1) is 8.31. The van der Waals surface area contributed by atoms with E-state index in [4.69, 9.17) is 5.73 Å². The average molecular weight is 261 g/mol. The molecule has 0 bridgehead atoms. The highest BCUT2D eigenvalue weighted by molar-refractivity contribution is 5.32. The lowest BCUT2D eigenvalue weighted by atomic mass is 9.77. The van der Waals surface area contributed by atoms with E-state index in [1.54, 1.807) is 0 Å². The molecular weight excluding hydrogens is 246 g/mol. The second-order valence-electron chi connectivity index (χ2n) is 4.94. The van der Waals surface area contributed by atoms with Crippen LogP contribution in [0.3, 0.4) is 0 Å². The summed E-state index contributed by atoms with van der Waals surface area (Å²) in [6.07, 6.45) is -0.563. The Morgan fingerprint density at radius 2 is 1.61 bits per heavy atom. The second-order valence-corrected chi connectivity index (χ2v) is 4.94. The number of hydrogen-bond acceptors (Lipinski definition) is 1. The van der Waals surface area contributed by atoms with Crippen molar-refractivity contribution in [3.63, 3.8) is 0 Å². The number of alkyl halides is 3. The van der Waals surface area contributed by atoms with E-state index in [-0.39, 0.29) is 5.56 Å². The van der Waals surface area contributed by atoms with Crippen LogP contribution in [0.2, 0.25) is 0 Å². The minimum absolute atomic E-state index is 0.259. The zero-order valence-electron chi connectivity index (χ0n) is 9.86. The largest absolute Gasteiger partial charge is 0.416 e. The Bertz CT molecular complexity index is 433. The molecule has 0 aliphatic heterocycles. The summed E-state index contributed by atoms with van der Waals surface area (Å²) in [5, 5.41) is 0. The number of nitrogens with two attached hydrogens (primary N) is 1. The van der Waals surface area contributed by atoms with Crippen molar-refractivity contribution in [3.8, 4) is 0 Å². The van der Waals surface area contributed by atoms with E-state index in [9.17, 15) is 17.6 Å². The summed E-state index contributed by atoms with van der Waals surface area (Å²) in [7, 11) is 0. The molecule has 2 rings (SSSR count). The van der Waals surface area contributed by atoms with Crippen LogP contribution in [0.4, 0.5) is 17.6 Å². The molecule has 18 heavy (non-hydrogen) atoms. The van der Waals surface area contributed by atoms with Gasteiger partial charge in [0.2, 0.25) is 0 Å². The predicted octanol–water partition coefficient (Wildman–Crippen LogP) is 3.96. The van der Waals surface area contributed by atoms with E-state index >= 15 is 0 Å². The molecule has 100 valence electrons. The Balaban J connectivity index is 2.41. The van der Waals surface area contributed by atoms with Crippen LogP contribution in [0.25, 0.3) is 0 Å². The molecule has 0 aromatic heterocycles. The summed E-state index contributed by atoms with van der Waals surface area (Å²) in [6, 6.07) is 2.62. The molecule has 5 heteroatoms. The molecular formula is C13H15F4N. The molecule has 1 nitrogen and oxygen atoms in total. The Hall–Kier alpha value is -1.10. The maximum atomic E-state index is 13.3. The van der Waals surface area contributed by atoms with Crippen molar-refractivity contribution in [2.75, 3.05) is 0 Å². The van der Waals surface area contributed by atoms with Gasteiger partial charge < -0.3 is 5.73 Å². The van der Waals surface area contributed by atoms with E-state index in [1.165, 1.54) is 0 Å². The molecule has 1 aliphatic rings. The molecule has 1 saturated carbocycles. The Labute approximate surface area is 103 Å². The van der Waals surface area contributed by atoms with Crippen molar-refractivity contribution >= 4 is 0 Å². The van der Waals surface area contributed by atoms with Gasteiger partial charge >= 0.3 is 6.18 Å². The highest BCUT2D eigenvalue weighted by atomic mass is 19.4. The van der Waals surface area contributed by atoms with Gasteiger partial charge in [-0.1, -0.05) is 19.3 Å². The third-order valence-corrected chi connectivity index (χ3v) is 3.55. The van der Waals surface area contributed by atoms with E-state index in [0.29, 0.717) is 18.9 Å². The van der Waals surface area contributed by atoms with Gasteiger partial charge in [0.05, 0.1) is 5.56 Å². The van der Waals surface area contributed by atoms with Gasteiger partial charge in [-0.25, -0.2) is 4.39 Å². The van der Waals surface area contributed by atoms with Gasteiger partial charge in [0.15, 0.2) is 0 Å². The van der Waals surface area contributed by atoms with Crippen LogP contribution in [-0.4, -0.2) is 0 Å². The van der Waals surface area contributed by atoms with Crippen LogP contribution in [0, 0.1) is 5.82 Å². The van der Waals surface area contributed by atoms with Gasteiger partial charge in [0.1, 0.15) is 5.82 Å². The quantitative estimate of drug-likeness (QED) is 0.761. The average Bonchev–Trinajstić information content (AvgIpc) is 2.28. The van der Waals surface area contributed by atoms with Crippen molar-refractivity contribution < 1.29 is 17.6 Å². The Morgan fingerprint density at radius 3 is 2.17 bits per heavy atom. The second kappa shape index (κ2) is 4.53. The molecule has 2 N–H and O–H groups in total. The van der Waals surface area contributed by atoms with Gasteiger partial charge in [-0.3, -0.25) is 0 Å². The third kappa shape index (κ3) is 2.66. The Kier molecular flexibility index (Phi) is 3.36.